The number of carbonyl (C=O) groups excluding carboxylic acids is 1. The number of amides is 1. The molecular weight excluding hydrogens is 226 g/mol. The van der Waals surface area contributed by atoms with E-state index in [1.165, 1.54) is 25.9 Å². The second-order valence-electron chi connectivity index (χ2n) is 6.22. The first-order valence-electron chi connectivity index (χ1n) is 7.34. The third-order valence-electron chi connectivity index (χ3n) is 4.25. The molecule has 2 heterocycles. The standard InChI is InChI=1S/C14H27N3O/c1-12(10-17-8-3-4-9-17)16-13(18)14(2)6-5-7-15-11-14/h12,15H,3-11H2,1-2H3,(H,16,18). The van der Waals surface area contributed by atoms with Crippen molar-refractivity contribution in [1.29, 1.82) is 0 Å². The third-order valence-corrected chi connectivity index (χ3v) is 4.25. The maximum atomic E-state index is 12.3. The Balaban J connectivity index is 1.78. The van der Waals surface area contributed by atoms with Gasteiger partial charge in [-0.1, -0.05) is 0 Å². The van der Waals surface area contributed by atoms with Crippen molar-refractivity contribution < 1.29 is 4.79 Å². The van der Waals surface area contributed by atoms with E-state index in [-0.39, 0.29) is 17.4 Å². The summed E-state index contributed by atoms with van der Waals surface area (Å²) in [4.78, 5) is 14.8. The van der Waals surface area contributed by atoms with Gasteiger partial charge in [-0.3, -0.25) is 4.79 Å². The Kier molecular flexibility index (Phi) is 4.62. The molecule has 0 aromatic carbocycles. The summed E-state index contributed by atoms with van der Waals surface area (Å²) in [7, 11) is 0. The molecule has 4 nitrogen and oxygen atoms in total. The van der Waals surface area contributed by atoms with Crippen LogP contribution in [0.2, 0.25) is 0 Å². The van der Waals surface area contributed by atoms with Crippen LogP contribution in [0.3, 0.4) is 0 Å². The first-order chi connectivity index (χ1) is 8.60. The monoisotopic (exact) mass is 253 g/mol. The van der Waals surface area contributed by atoms with Gasteiger partial charge >= 0.3 is 0 Å². The first kappa shape index (κ1) is 13.8. The summed E-state index contributed by atoms with van der Waals surface area (Å²) in [6.07, 6.45) is 4.72. The number of nitrogens with one attached hydrogen (secondary N) is 2. The van der Waals surface area contributed by atoms with Gasteiger partial charge in [0.05, 0.1) is 5.41 Å². The minimum absolute atomic E-state index is 0.211. The van der Waals surface area contributed by atoms with E-state index in [1.807, 2.05) is 0 Å². The lowest BCUT2D eigenvalue weighted by molar-refractivity contribution is -0.131. The zero-order valence-electron chi connectivity index (χ0n) is 11.8. The summed E-state index contributed by atoms with van der Waals surface area (Å²) in [5.74, 6) is 0.224. The number of likely N-dealkylation sites (tertiary alicyclic amines) is 1. The van der Waals surface area contributed by atoms with E-state index in [1.54, 1.807) is 0 Å². The fourth-order valence-corrected chi connectivity index (χ4v) is 3.05. The van der Waals surface area contributed by atoms with Gasteiger partial charge in [-0.2, -0.15) is 0 Å². The summed E-state index contributed by atoms with van der Waals surface area (Å²) in [6.45, 7) is 9.45. The number of hydrogen-bond acceptors (Lipinski definition) is 3. The molecule has 2 fully saturated rings. The SMILES string of the molecule is CC(CN1CCCC1)NC(=O)C1(C)CCCNC1. The first-order valence-corrected chi connectivity index (χ1v) is 7.34. The number of nitrogens with zero attached hydrogens (tertiary/aromatic N) is 1. The highest BCUT2D eigenvalue weighted by molar-refractivity contribution is 5.82. The summed E-state index contributed by atoms with van der Waals surface area (Å²) in [5.41, 5.74) is -0.211. The van der Waals surface area contributed by atoms with Crippen LogP contribution in [0.15, 0.2) is 0 Å². The lowest BCUT2D eigenvalue weighted by atomic mass is 9.82. The molecule has 2 aliphatic heterocycles. The molecule has 4 heteroatoms. The summed E-state index contributed by atoms with van der Waals surface area (Å²) < 4.78 is 0. The molecule has 0 aliphatic carbocycles. The molecule has 0 aromatic rings. The van der Waals surface area contributed by atoms with Gasteiger partial charge in [-0.05, 0) is 59.2 Å². The molecule has 0 radical (unpaired) electrons. The maximum absolute atomic E-state index is 12.3. The molecular formula is C14H27N3O. The Morgan fingerprint density at radius 2 is 2.11 bits per heavy atom. The zero-order chi connectivity index (χ0) is 13.0. The van der Waals surface area contributed by atoms with E-state index in [0.29, 0.717) is 0 Å². The molecule has 0 aromatic heterocycles. The molecule has 2 N–H and O–H groups in total. The smallest absolute Gasteiger partial charge is 0.227 e. The van der Waals surface area contributed by atoms with Crippen molar-refractivity contribution in [3.05, 3.63) is 0 Å². The fourth-order valence-electron chi connectivity index (χ4n) is 3.05. The number of carbonyl (C=O) groups is 1. The predicted molar refractivity (Wildman–Crippen MR) is 73.5 cm³/mol. The molecule has 1 amide bonds. The second kappa shape index (κ2) is 6.02. The Bertz CT molecular complexity index is 281. The van der Waals surface area contributed by atoms with Crippen molar-refractivity contribution >= 4 is 5.91 Å². The fraction of sp³-hybridized carbons (Fsp3) is 0.929. The van der Waals surface area contributed by atoms with Crippen molar-refractivity contribution in [2.75, 3.05) is 32.7 Å². The van der Waals surface area contributed by atoms with Gasteiger partial charge in [0.25, 0.3) is 0 Å². The van der Waals surface area contributed by atoms with Gasteiger partial charge in [-0.25, -0.2) is 0 Å². The van der Waals surface area contributed by atoms with Gasteiger partial charge in [0, 0.05) is 19.1 Å². The van der Waals surface area contributed by atoms with E-state index in [0.717, 1.165) is 32.5 Å². The van der Waals surface area contributed by atoms with Crippen LogP contribution in [-0.2, 0) is 4.79 Å². The minimum Gasteiger partial charge on any atom is -0.352 e. The lowest BCUT2D eigenvalue weighted by Gasteiger charge is -2.34. The normalized spacial score (nSPS) is 31.2. The molecule has 0 bridgehead atoms. The van der Waals surface area contributed by atoms with E-state index < -0.39 is 0 Å². The van der Waals surface area contributed by atoms with Crippen LogP contribution in [0.4, 0.5) is 0 Å². The van der Waals surface area contributed by atoms with E-state index in [4.69, 9.17) is 0 Å². The van der Waals surface area contributed by atoms with Gasteiger partial charge < -0.3 is 15.5 Å². The van der Waals surface area contributed by atoms with Crippen molar-refractivity contribution in [2.45, 2.75) is 45.6 Å². The number of hydrogen-bond donors (Lipinski definition) is 2. The quantitative estimate of drug-likeness (QED) is 0.785. The van der Waals surface area contributed by atoms with Crippen molar-refractivity contribution in [1.82, 2.24) is 15.5 Å². The van der Waals surface area contributed by atoms with Crippen LogP contribution >= 0.6 is 0 Å². The van der Waals surface area contributed by atoms with Crippen LogP contribution < -0.4 is 10.6 Å². The molecule has 104 valence electrons. The highest BCUT2D eigenvalue weighted by Crippen LogP contribution is 2.25. The van der Waals surface area contributed by atoms with Gasteiger partial charge in [0.1, 0.15) is 0 Å². The van der Waals surface area contributed by atoms with E-state index in [2.05, 4.69) is 29.4 Å². The van der Waals surface area contributed by atoms with Crippen LogP contribution in [-0.4, -0.2) is 49.6 Å². The average Bonchev–Trinajstić information content (AvgIpc) is 2.82. The molecule has 2 atom stereocenters. The number of piperidine rings is 1. The molecule has 2 rings (SSSR count). The molecule has 2 saturated heterocycles. The topological polar surface area (TPSA) is 44.4 Å². The second-order valence-corrected chi connectivity index (χ2v) is 6.22. The number of rotatable bonds is 4. The molecule has 18 heavy (non-hydrogen) atoms. The van der Waals surface area contributed by atoms with Crippen LogP contribution in [0.1, 0.15) is 39.5 Å². The summed E-state index contributed by atoms with van der Waals surface area (Å²) in [6, 6.07) is 0.259. The van der Waals surface area contributed by atoms with Crippen LogP contribution in [0.5, 0.6) is 0 Å². The third kappa shape index (κ3) is 3.45. The largest absolute Gasteiger partial charge is 0.352 e. The van der Waals surface area contributed by atoms with Crippen molar-refractivity contribution in [3.63, 3.8) is 0 Å². The average molecular weight is 253 g/mol. The van der Waals surface area contributed by atoms with E-state index >= 15 is 0 Å². The zero-order valence-corrected chi connectivity index (χ0v) is 11.8. The Morgan fingerprint density at radius 3 is 2.72 bits per heavy atom. The summed E-state index contributed by atoms with van der Waals surface area (Å²) >= 11 is 0. The lowest BCUT2D eigenvalue weighted by Crippen LogP contribution is -2.52. The Labute approximate surface area is 110 Å². The Morgan fingerprint density at radius 1 is 1.39 bits per heavy atom. The van der Waals surface area contributed by atoms with Gasteiger partial charge in [0.15, 0.2) is 0 Å². The molecule has 0 saturated carbocycles. The highest BCUT2D eigenvalue weighted by Gasteiger charge is 2.35. The van der Waals surface area contributed by atoms with Gasteiger partial charge in [-0.15, -0.1) is 0 Å². The van der Waals surface area contributed by atoms with Crippen molar-refractivity contribution in [2.24, 2.45) is 5.41 Å². The Hall–Kier alpha value is -0.610. The maximum Gasteiger partial charge on any atom is 0.227 e. The van der Waals surface area contributed by atoms with E-state index in [9.17, 15) is 4.79 Å². The predicted octanol–water partition coefficient (Wildman–Crippen LogP) is 0.977. The molecule has 2 unspecified atom stereocenters. The van der Waals surface area contributed by atoms with Crippen molar-refractivity contribution in [3.8, 4) is 0 Å². The van der Waals surface area contributed by atoms with Crippen LogP contribution in [0.25, 0.3) is 0 Å². The minimum atomic E-state index is -0.211. The van der Waals surface area contributed by atoms with Crippen LogP contribution in [0, 0.1) is 5.41 Å². The highest BCUT2D eigenvalue weighted by atomic mass is 16.2. The summed E-state index contributed by atoms with van der Waals surface area (Å²) in [5, 5.41) is 6.53. The molecule has 2 aliphatic rings. The van der Waals surface area contributed by atoms with Gasteiger partial charge in [0.2, 0.25) is 5.91 Å². The molecule has 0 spiro atoms.